The van der Waals surface area contributed by atoms with E-state index in [1.54, 1.807) is 0 Å². The molecule has 4 aromatic heterocycles. The lowest BCUT2D eigenvalue weighted by atomic mass is 10.1. The minimum Gasteiger partial charge on any atom is -0.345 e. The molecule has 0 saturated carbocycles. The SMILES string of the molecule is c1cc(Cn2ccc3cc(-c4cnc5[nH]ccc5n4)ccc32)ccn1. The summed E-state index contributed by atoms with van der Waals surface area (Å²) in [6.45, 7) is 0.834. The van der Waals surface area contributed by atoms with Crippen molar-refractivity contribution in [1.82, 2.24) is 24.5 Å². The molecule has 0 bridgehead atoms. The molecule has 0 radical (unpaired) electrons. The van der Waals surface area contributed by atoms with Gasteiger partial charge in [-0.15, -0.1) is 0 Å². The minimum atomic E-state index is 0.813. The number of pyridine rings is 1. The van der Waals surface area contributed by atoms with Gasteiger partial charge >= 0.3 is 0 Å². The quantitative estimate of drug-likeness (QED) is 0.545. The normalized spacial score (nSPS) is 11.4. The number of aromatic amines is 1. The number of nitrogens with one attached hydrogen (secondary N) is 1. The number of fused-ring (bicyclic) bond motifs is 2. The van der Waals surface area contributed by atoms with Crippen molar-refractivity contribution in [3.8, 4) is 11.3 Å². The summed E-state index contributed by atoms with van der Waals surface area (Å²) >= 11 is 0. The fraction of sp³-hybridized carbons (Fsp3) is 0.0500. The molecule has 0 atom stereocenters. The molecular formula is C20H15N5. The Morgan fingerprint density at radius 2 is 1.92 bits per heavy atom. The van der Waals surface area contributed by atoms with Crippen LogP contribution in [0.4, 0.5) is 0 Å². The van der Waals surface area contributed by atoms with Crippen LogP contribution >= 0.6 is 0 Å². The van der Waals surface area contributed by atoms with Crippen molar-refractivity contribution in [3.05, 3.63) is 79.0 Å². The second-order valence-corrected chi connectivity index (χ2v) is 6.04. The summed E-state index contributed by atoms with van der Waals surface area (Å²) in [5.74, 6) is 0. The molecule has 5 rings (SSSR count). The van der Waals surface area contributed by atoms with Gasteiger partial charge in [-0.25, -0.2) is 9.97 Å². The Morgan fingerprint density at radius 1 is 1.00 bits per heavy atom. The molecule has 0 unspecified atom stereocenters. The van der Waals surface area contributed by atoms with Gasteiger partial charge in [0.2, 0.25) is 0 Å². The van der Waals surface area contributed by atoms with Crippen LogP contribution in [0, 0.1) is 0 Å². The highest BCUT2D eigenvalue weighted by molar-refractivity contribution is 5.86. The highest BCUT2D eigenvalue weighted by Crippen LogP contribution is 2.25. The van der Waals surface area contributed by atoms with Gasteiger partial charge in [0.15, 0.2) is 5.65 Å². The van der Waals surface area contributed by atoms with Crippen molar-refractivity contribution in [2.24, 2.45) is 0 Å². The summed E-state index contributed by atoms with van der Waals surface area (Å²) in [6.07, 6.45) is 9.45. The second kappa shape index (κ2) is 5.56. The number of rotatable bonds is 3. The molecule has 120 valence electrons. The maximum Gasteiger partial charge on any atom is 0.156 e. The Labute approximate surface area is 144 Å². The van der Waals surface area contributed by atoms with Gasteiger partial charge in [0, 0.05) is 47.8 Å². The van der Waals surface area contributed by atoms with Crippen LogP contribution < -0.4 is 0 Å². The Hall–Kier alpha value is -3.47. The Bertz CT molecular complexity index is 1170. The van der Waals surface area contributed by atoms with Gasteiger partial charge in [-0.05, 0) is 42.0 Å². The van der Waals surface area contributed by atoms with E-state index in [1.165, 1.54) is 16.5 Å². The van der Waals surface area contributed by atoms with E-state index in [0.717, 1.165) is 29.0 Å². The van der Waals surface area contributed by atoms with Crippen molar-refractivity contribution in [3.63, 3.8) is 0 Å². The zero-order valence-corrected chi connectivity index (χ0v) is 13.4. The lowest BCUT2D eigenvalue weighted by Crippen LogP contribution is -1.97. The van der Waals surface area contributed by atoms with Gasteiger partial charge in [-0.2, -0.15) is 0 Å². The van der Waals surface area contributed by atoms with Crippen molar-refractivity contribution >= 4 is 22.1 Å². The summed E-state index contributed by atoms with van der Waals surface area (Å²) in [5, 5.41) is 1.20. The molecule has 1 aromatic carbocycles. The molecule has 0 amide bonds. The van der Waals surface area contributed by atoms with Crippen LogP contribution in [0.1, 0.15) is 5.56 Å². The van der Waals surface area contributed by atoms with E-state index in [0.29, 0.717) is 0 Å². The molecular weight excluding hydrogens is 310 g/mol. The highest BCUT2D eigenvalue weighted by Gasteiger charge is 2.07. The lowest BCUT2D eigenvalue weighted by molar-refractivity contribution is 0.835. The van der Waals surface area contributed by atoms with E-state index < -0.39 is 0 Å². The average Bonchev–Trinajstić information content (AvgIpc) is 3.28. The van der Waals surface area contributed by atoms with Crippen molar-refractivity contribution in [2.75, 3.05) is 0 Å². The summed E-state index contributed by atoms with van der Waals surface area (Å²) in [5.41, 5.74) is 6.10. The Morgan fingerprint density at radius 3 is 2.84 bits per heavy atom. The van der Waals surface area contributed by atoms with Crippen molar-refractivity contribution in [2.45, 2.75) is 6.54 Å². The summed E-state index contributed by atoms with van der Waals surface area (Å²) in [6, 6.07) is 14.6. The van der Waals surface area contributed by atoms with Crippen LogP contribution in [0.2, 0.25) is 0 Å². The second-order valence-electron chi connectivity index (χ2n) is 6.04. The number of aromatic nitrogens is 5. The third-order valence-electron chi connectivity index (χ3n) is 4.43. The molecule has 25 heavy (non-hydrogen) atoms. The van der Waals surface area contributed by atoms with Crippen LogP contribution in [0.5, 0.6) is 0 Å². The molecule has 0 aliphatic rings. The number of nitrogens with zero attached hydrogens (tertiary/aromatic N) is 4. The first-order chi connectivity index (χ1) is 12.4. The van der Waals surface area contributed by atoms with Crippen molar-refractivity contribution < 1.29 is 0 Å². The van der Waals surface area contributed by atoms with Gasteiger partial charge in [0.1, 0.15) is 5.52 Å². The molecule has 0 saturated heterocycles. The maximum atomic E-state index is 4.68. The number of benzene rings is 1. The van der Waals surface area contributed by atoms with Crippen LogP contribution in [0.15, 0.2) is 73.4 Å². The van der Waals surface area contributed by atoms with Crippen LogP contribution in [-0.2, 0) is 6.54 Å². The molecule has 5 heteroatoms. The molecule has 5 aromatic rings. The van der Waals surface area contributed by atoms with Gasteiger partial charge in [0.25, 0.3) is 0 Å². The number of H-pyrrole nitrogens is 1. The molecule has 0 fully saturated rings. The first kappa shape index (κ1) is 13.9. The first-order valence-electron chi connectivity index (χ1n) is 8.15. The molecule has 0 spiro atoms. The van der Waals surface area contributed by atoms with E-state index >= 15 is 0 Å². The van der Waals surface area contributed by atoms with Gasteiger partial charge in [-0.3, -0.25) is 4.98 Å². The molecule has 1 N–H and O–H groups in total. The Balaban J connectivity index is 1.54. The topological polar surface area (TPSA) is 59.4 Å². The monoisotopic (exact) mass is 325 g/mol. The summed E-state index contributed by atoms with van der Waals surface area (Å²) < 4.78 is 2.25. The molecule has 0 aliphatic carbocycles. The fourth-order valence-electron chi connectivity index (χ4n) is 3.15. The zero-order valence-electron chi connectivity index (χ0n) is 13.4. The van der Waals surface area contributed by atoms with Crippen LogP contribution in [0.25, 0.3) is 33.3 Å². The van der Waals surface area contributed by atoms with E-state index in [9.17, 15) is 0 Å². The molecule has 5 nitrogen and oxygen atoms in total. The Kier molecular flexibility index (Phi) is 3.10. The lowest BCUT2D eigenvalue weighted by Gasteiger charge is -2.06. The van der Waals surface area contributed by atoms with Crippen LogP contribution in [-0.4, -0.2) is 24.5 Å². The maximum absolute atomic E-state index is 4.68. The highest BCUT2D eigenvalue weighted by atomic mass is 15.0. The zero-order chi connectivity index (χ0) is 16.6. The average molecular weight is 325 g/mol. The predicted octanol–water partition coefficient (Wildman–Crippen LogP) is 4.02. The minimum absolute atomic E-state index is 0.813. The van der Waals surface area contributed by atoms with E-state index in [1.807, 2.05) is 43.0 Å². The summed E-state index contributed by atoms with van der Waals surface area (Å²) in [4.78, 5) is 16.3. The van der Waals surface area contributed by atoms with Gasteiger partial charge in [0.05, 0.1) is 11.9 Å². The fourth-order valence-corrected chi connectivity index (χ4v) is 3.15. The predicted molar refractivity (Wildman–Crippen MR) is 98.2 cm³/mol. The standard InChI is InChI=1S/C20H15N5/c1-2-19-16(6-10-25(19)13-14-3-7-21-8-4-14)11-15(1)18-12-23-20-17(24-18)5-9-22-20/h1-12H,13H2,(H,22,23). The number of hydrogen-bond acceptors (Lipinski definition) is 3. The van der Waals surface area contributed by atoms with E-state index in [4.69, 9.17) is 0 Å². The van der Waals surface area contributed by atoms with E-state index in [2.05, 4.69) is 55.0 Å². The van der Waals surface area contributed by atoms with Gasteiger partial charge < -0.3 is 9.55 Å². The van der Waals surface area contributed by atoms with Crippen molar-refractivity contribution in [1.29, 1.82) is 0 Å². The third kappa shape index (κ3) is 2.46. The first-order valence-corrected chi connectivity index (χ1v) is 8.15. The van der Waals surface area contributed by atoms with E-state index in [-0.39, 0.29) is 0 Å². The number of hydrogen-bond donors (Lipinski definition) is 1. The third-order valence-corrected chi connectivity index (χ3v) is 4.43. The smallest absolute Gasteiger partial charge is 0.156 e. The largest absolute Gasteiger partial charge is 0.345 e. The molecule has 4 heterocycles. The molecule has 0 aliphatic heterocycles. The summed E-state index contributed by atoms with van der Waals surface area (Å²) in [7, 11) is 0. The van der Waals surface area contributed by atoms with Gasteiger partial charge in [-0.1, -0.05) is 6.07 Å². The van der Waals surface area contributed by atoms with Crippen LogP contribution in [0.3, 0.4) is 0 Å².